The van der Waals surface area contributed by atoms with Crippen LogP contribution in [0.15, 0.2) is 29.4 Å². The number of benzene rings is 1. The van der Waals surface area contributed by atoms with Crippen molar-refractivity contribution >= 4 is 35.8 Å². The van der Waals surface area contributed by atoms with Crippen molar-refractivity contribution in [3.8, 4) is 0 Å². The SMILES string of the molecule is NN=Cc1ccc(NC(=O)NCC(=O)NC(CC(=O)O)CC(=O)O)cc1. The predicted octanol–water partition coefficient (Wildman–Crippen LogP) is -0.465. The van der Waals surface area contributed by atoms with Crippen LogP contribution in [0.3, 0.4) is 0 Å². The number of aliphatic carboxylic acids is 2. The first-order valence-corrected chi connectivity index (χ1v) is 7.41. The molecule has 0 heterocycles. The van der Waals surface area contributed by atoms with Gasteiger partial charge in [-0.3, -0.25) is 14.4 Å². The summed E-state index contributed by atoms with van der Waals surface area (Å²) in [7, 11) is 0. The minimum Gasteiger partial charge on any atom is -0.481 e. The average Bonchev–Trinajstić information content (AvgIpc) is 2.54. The molecule has 7 N–H and O–H groups in total. The highest BCUT2D eigenvalue weighted by atomic mass is 16.4. The van der Waals surface area contributed by atoms with Crippen LogP contribution in [-0.4, -0.2) is 52.9 Å². The Bertz CT molecular complexity index is 672. The van der Waals surface area contributed by atoms with E-state index in [4.69, 9.17) is 16.1 Å². The fourth-order valence-electron chi connectivity index (χ4n) is 1.95. The van der Waals surface area contributed by atoms with Gasteiger partial charge in [0.2, 0.25) is 5.91 Å². The molecule has 0 aliphatic carbocycles. The Balaban J connectivity index is 2.45. The van der Waals surface area contributed by atoms with Gasteiger partial charge in [0.1, 0.15) is 0 Å². The molecule has 140 valence electrons. The van der Waals surface area contributed by atoms with E-state index in [2.05, 4.69) is 21.1 Å². The van der Waals surface area contributed by atoms with Crippen LogP contribution in [0.2, 0.25) is 0 Å². The number of nitrogens with two attached hydrogens (primary N) is 1. The van der Waals surface area contributed by atoms with E-state index in [9.17, 15) is 19.2 Å². The molecule has 0 aromatic heterocycles. The molecule has 11 nitrogen and oxygen atoms in total. The van der Waals surface area contributed by atoms with Gasteiger partial charge in [-0.2, -0.15) is 5.10 Å². The van der Waals surface area contributed by atoms with Gasteiger partial charge in [0.05, 0.1) is 25.6 Å². The van der Waals surface area contributed by atoms with Crippen molar-refractivity contribution in [3.63, 3.8) is 0 Å². The number of amides is 3. The Morgan fingerprint density at radius 2 is 1.65 bits per heavy atom. The van der Waals surface area contributed by atoms with Crippen LogP contribution in [0.1, 0.15) is 18.4 Å². The summed E-state index contributed by atoms with van der Waals surface area (Å²) in [6, 6.07) is 4.81. The van der Waals surface area contributed by atoms with Crippen molar-refractivity contribution in [1.29, 1.82) is 0 Å². The van der Waals surface area contributed by atoms with Crippen LogP contribution in [-0.2, 0) is 14.4 Å². The molecular formula is C15H19N5O6. The van der Waals surface area contributed by atoms with Gasteiger partial charge in [0.15, 0.2) is 0 Å². The summed E-state index contributed by atoms with van der Waals surface area (Å²) in [6.45, 7) is -0.445. The van der Waals surface area contributed by atoms with Crippen molar-refractivity contribution in [1.82, 2.24) is 10.6 Å². The van der Waals surface area contributed by atoms with Crippen LogP contribution < -0.4 is 21.8 Å². The minimum absolute atomic E-state index is 0.445. The van der Waals surface area contributed by atoms with E-state index < -0.39 is 49.3 Å². The van der Waals surface area contributed by atoms with Crippen LogP contribution in [0.25, 0.3) is 0 Å². The number of carboxylic acid groups (broad SMARTS) is 2. The maximum atomic E-state index is 11.7. The zero-order chi connectivity index (χ0) is 19.5. The summed E-state index contributed by atoms with van der Waals surface area (Å²) in [6.07, 6.45) is 0.351. The highest BCUT2D eigenvalue weighted by molar-refractivity contribution is 5.93. The fourth-order valence-corrected chi connectivity index (χ4v) is 1.95. The molecule has 0 atom stereocenters. The van der Waals surface area contributed by atoms with Gasteiger partial charge < -0.3 is 32.0 Å². The number of hydrogen-bond donors (Lipinski definition) is 6. The topological polar surface area (TPSA) is 183 Å². The number of nitrogens with one attached hydrogen (secondary N) is 3. The number of hydrogen-bond acceptors (Lipinski definition) is 6. The molecule has 1 aromatic carbocycles. The minimum atomic E-state index is -1.25. The average molecular weight is 365 g/mol. The van der Waals surface area contributed by atoms with Gasteiger partial charge in [-0.1, -0.05) is 12.1 Å². The second kappa shape index (κ2) is 10.3. The maximum Gasteiger partial charge on any atom is 0.319 e. The molecule has 1 rings (SSSR count). The third-order valence-electron chi connectivity index (χ3n) is 3.01. The van der Waals surface area contributed by atoms with E-state index in [0.29, 0.717) is 5.69 Å². The van der Waals surface area contributed by atoms with Crippen LogP contribution >= 0.6 is 0 Å². The lowest BCUT2D eigenvalue weighted by molar-refractivity contribution is -0.139. The Hall–Kier alpha value is -3.63. The first kappa shape index (κ1) is 20.4. The standard InChI is InChI=1S/C15H19N5O6/c16-18-7-9-1-3-10(4-2-9)20-15(26)17-8-12(21)19-11(5-13(22)23)6-14(24)25/h1-4,7,11H,5-6,8,16H2,(H,19,21)(H,22,23)(H,24,25)(H2,17,20,26). The molecule has 0 bridgehead atoms. The van der Waals surface area contributed by atoms with Gasteiger partial charge in [-0.25, -0.2) is 4.79 Å². The molecule has 0 fully saturated rings. The number of urea groups is 1. The molecule has 1 aromatic rings. The van der Waals surface area contributed by atoms with E-state index in [1.165, 1.54) is 6.21 Å². The molecule has 3 amide bonds. The third-order valence-corrected chi connectivity index (χ3v) is 3.01. The Kier molecular flexibility index (Phi) is 8.07. The van der Waals surface area contributed by atoms with Crippen molar-refractivity contribution in [2.24, 2.45) is 10.9 Å². The molecule has 26 heavy (non-hydrogen) atoms. The molecule has 0 saturated heterocycles. The summed E-state index contributed by atoms with van der Waals surface area (Å²) < 4.78 is 0. The first-order chi connectivity index (χ1) is 12.3. The Morgan fingerprint density at radius 1 is 1.08 bits per heavy atom. The number of nitrogens with zero attached hydrogens (tertiary/aromatic N) is 1. The van der Waals surface area contributed by atoms with E-state index in [-0.39, 0.29) is 0 Å². The molecule has 0 spiro atoms. The molecular weight excluding hydrogens is 346 g/mol. The van der Waals surface area contributed by atoms with Crippen LogP contribution in [0, 0.1) is 0 Å². The fraction of sp³-hybridized carbons (Fsp3) is 0.267. The van der Waals surface area contributed by atoms with E-state index in [1.54, 1.807) is 24.3 Å². The van der Waals surface area contributed by atoms with Gasteiger partial charge in [0.25, 0.3) is 0 Å². The van der Waals surface area contributed by atoms with Gasteiger partial charge in [-0.15, -0.1) is 0 Å². The number of carbonyl (C=O) groups excluding carboxylic acids is 2. The number of carboxylic acids is 2. The highest BCUT2D eigenvalue weighted by Crippen LogP contribution is 2.07. The second-order valence-corrected chi connectivity index (χ2v) is 5.17. The zero-order valence-corrected chi connectivity index (χ0v) is 13.6. The second-order valence-electron chi connectivity index (χ2n) is 5.17. The number of rotatable bonds is 9. The quantitative estimate of drug-likeness (QED) is 0.194. The third kappa shape index (κ3) is 8.29. The molecule has 0 saturated carbocycles. The largest absolute Gasteiger partial charge is 0.481 e. The smallest absolute Gasteiger partial charge is 0.319 e. The Morgan fingerprint density at radius 3 is 2.15 bits per heavy atom. The number of anilines is 1. The molecule has 0 aliphatic heterocycles. The zero-order valence-electron chi connectivity index (χ0n) is 13.6. The first-order valence-electron chi connectivity index (χ1n) is 7.41. The van der Waals surface area contributed by atoms with Gasteiger partial charge >= 0.3 is 18.0 Å². The van der Waals surface area contributed by atoms with Crippen molar-refractivity contribution in [3.05, 3.63) is 29.8 Å². The lowest BCUT2D eigenvalue weighted by Gasteiger charge is -2.15. The molecule has 11 heteroatoms. The molecule has 0 unspecified atom stereocenters. The van der Waals surface area contributed by atoms with E-state index in [0.717, 1.165) is 5.56 Å². The number of hydrazone groups is 1. The summed E-state index contributed by atoms with van der Waals surface area (Å²) >= 11 is 0. The highest BCUT2D eigenvalue weighted by Gasteiger charge is 2.19. The lowest BCUT2D eigenvalue weighted by atomic mass is 10.1. The van der Waals surface area contributed by atoms with Crippen LogP contribution in [0.5, 0.6) is 0 Å². The van der Waals surface area contributed by atoms with Crippen molar-refractivity contribution < 1.29 is 29.4 Å². The van der Waals surface area contributed by atoms with Crippen molar-refractivity contribution in [2.75, 3.05) is 11.9 Å². The summed E-state index contributed by atoms with van der Waals surface area (Å²) in [5, 5.41) is 27.8. The summed E-state index contributed by atoms with van der Waals surface area (Å²) in [4.78, 5) is 44.8. The van der Waals surface area contributed by atoms with Crippen molar-refractivity contribution in [2.45, 2.75) is 18.9 Å². The van der Waals surface area contributed by atoms with Gasteiger partial charge in [0, 0.05) is 11.7 Å². The predicted molar refractivity (Wildman–Crippen MR) is 91.7 cm³/mol. The normalized spacial score (nSPS) is 10.5. The van der Waals surface area contributed by atoms with Crippen LogP contribution in [0.4, 0.5) is 10.5 Å². The number of carbonyl (C=O) groups is 4. The monoisotopic (exact) mass is 365 g/mol. The van der Waals surface area contributed by atoms with E-state index in [1.807, 2.05) is 0 Å². The summed E-state index contributed by atoms with van der Waals surface area (Å²) in [5.74, 6) is 1.83. The summed E-state index contributed by atoms with van der Waals surface area (Å²) in [5.41, 5.74) is 1.20. The molecule has 0 radical (unpaired) electrons. The lowest BCUT2D eigenvalue weighted by Crippen LogP contribution is -2.44. The van der Waals surface area contributed by atoms with E-state index >= 15 is 0 Å². The maximum absolute atomic E-state index is 11.7. The molecule has 0 aliphatic rings. The Labute approximate surface area is 148 Å². The van der Waals surface area contributed by atoms with Gasteiger partial charge in [-0.05, 0) is 17.7 Å².